The van der Waals surface area contributed by atoms with Crippen LogP contribution in [0.5, 0.6) is 0 Å². The largest absolute Gasteiger partial charge is 0.399 e. The highest BCUT2D eigenvalue weighted by Gasteiger charge is 2.24. The molecule has 2 aromatic rings. The molecule has 0 fully saturated rings. The molecule has 0 heterocycles. The lowest BCUT2D eigenvalue weighted by atomic mass is 10.0. The normalized spacial score (nSPS) is 13.4. The van der Waals surface area contributed by atoms with Crippen molar-refractivity contribution in [3.63, 3.8) is 0 Å². The molecule has 2 rings (SSSR count). The number of rotatable bonds is 10. The van der Waals surface area contributed by atoms with Crippen molar-refractivity contribution in [1.82, 2.24) is 0 Å². The van der Waals surface area contributed by atoms with Gasteiger partial charge in [0.1, 0.15) is 12.2 Å². The van der Waals surface area contributed by atoms with E-state index in [-0.39, 0.29) is 0 Å². The van der Waals surface area contributed by atoms with Crippen molar-refractivity contribution in [2.45, 2.75) is 26.1 Å². The van der Waals surface area contributed by atoms with Crippen LogP contribution >= 0.6 is 0 Å². The maximum absolute atomic E-state index is 6.38. The highest BCUT2D eigenvalue weighted by molar-refractivity contribution is 5.57. The first-order chi connectivity index (χ1) is 13.0. The lowest BCUT2D eigenvalue weighted by molar-refractivity contribution is -0.0867. The molecule has 2 atom stereocenters. The van der Waals surface area contributed by atoms with Gasteiger partial charge < -0.3 is 37.1 Å². The molecule has 7 nitrogen and oxygen atoms in total. The van der Waals surface area contributed by atoms with Crippen molar-refractivity contribution in [2.24, 2.45) is 0 Å². The summed E-state index contributed by atoms with van der Waals surface area (Å²) in [5.74, 6) is 0. The number of anilines is 4. The molecular weight excluding hydrogens is 344 g/mol. The number of hydrogen-bond donors (Lipinski definition) is 4. The van der Waals surface area contributed by atoms with Gasteiger partial charge in [-0.05, 0) is 50.2 Å². The molecule has 148 valence electrons. The first-order valence-corrected chi connectivity index (χ1v) is 9.06. The number of benzene rings is 2. The molecule has 0 saturated carbocycles. The smallest absolute Gasteiger partial charge is 0.109 e. The van der Waals surface area contributed by atoms with Crippen LogP contribution in [0.4, 0.5) is 22.7 Å². The standard InChI is InChI=1S/C20H30N4O3/c1-3-25-11-19(15-9-13(21)5-7-17(15)23)27-20(12-26-4-2)16-10-14(22)6-8-18(16)24/h5-10,19-20H,3-4,11-12,21-24H2,1-2H3. The zero-order valence-corrected chi connectivity index (χ0v) is 16.0. The molecule has 0 saturated heterocycles. The predicted octanol–water partition coefficient (Wildman–Crippen LogP) is 2.89. The third kappa shape index (κ3) is 5.75. The molecule has 7 heteroatoms. The Morgan fingerprint density at radius 2 is 1.11 bits per heavy atom. The highest BCUT2D eigenvalue weighted by Crippen LogP contribution is 2.34. The minimum absolute atomic E-state index is 0.328. The van der Waals surface area contributed by atoms with E-state index in [0.29, 0.717) is 49.2 Å². The van der Waals surface area contributed by atoms with Gasteiger partial charge >= 0.3 is 0 Å². The summed E-state index contributed by atoms with van der Waals surface area (Å²) in [7, 11) is 0. The molecule has 0 aliphatic carbocycles. The van der Waals surface area contributed by atoms with E-state index in [1.807, 2.05) is 13.8 Å². The Balaban J connectivity index is 2.37. The topological polar surface area (TPSA) is 132 Å². The lowest BCUT2D eigenvalue weighted by Crippen LogP contribution is -2.21. The van der Waals surface area contributed by atoms with Crippen LogP contribution in [0, 0.1) is 0 Å². The van der Waals surface area contributed by atoms with Gasteiger partial charge in [0.2, 0.25) is 0 Å². The van der Waals surface area contributed by atoms with Gasteiger partial charge in [-0.15, -0.1) is 0 Å². The van der Waals surface area contributed by atoms with Gasteiger partial charge in [0.15, 0.2) is 0 Å². The molecule has 0 aliphatic rings. The molecule has 0 aliphatic heterocycles. The van der Waals surface area contributed by atoms with E-state index in [1.54, 1.807) is 36.4 Å². The Kier molecular flexibility index (Phi) is 7.72. The molecule has 0 aromatic heterocycles. The minimum Gasteiger partial charge on any atom is -0.399 e. The van der Waals surface area contributed by atoms with E-state index in [0.717, 1.165) is 11.1 Å². The quantitative estimate of drug-likeness (QED) is 0.470. The van der Waals surface area contributed by atoms with Crippen LogP contribution in [0.1, 0.15) is 37.2 Å². The molecule has 2 aromatic carbocycles. The first-order valence-electron chi connectivity index (χ1n) is 9.06. The Morgan fingerprint density at radius 3 is 1.48 bits per heavy atom. The van der Waals surface area contributed by atoms with Crippen LogP contribution in [0.2, 0.25) is 0 Å². The summed E-state index contributed by atoms with van der Waals surface area (Å²) in [4.78, 5) is 0. The molecule has 0 spiro atoms. The Labute approximate surface area is 160 Å². The Bertz CT molecular complexity index is 678. The van der Waals surface area contributed by atoms with Gasteiger partial charge in [-0.3, -0.25) is 0 Å². The van der Waals surface area contributed by atoms with Crippen LogP contribution in [-0.2, 0) is 14.2 Å². The zero-order valence-electron chi connectivity index (χ0n) is 16.0. The first kappa shape index (κ1) is 20.8. The lowest BCUT2D eigenvalue weighted by Gasteiger charge is -2.27. The van der Waals surface area contributed by atoms with Crippen molar-refractivity contribution in [3.8, 4) is 0 Å². The van der Waals surface area contributed by atoms with Gasteiger partial charge in [0.05, 0.1) is 13.2 Å². The fourth-order valence-electron chi connectivity index (χ4n) is 2.80. The summed E-state index contributed by atoms with van der Waals surface area (Å²) in [6.45, 7) is 5.61. The number of hydrogen-bond acceptors (Lipinski definition) is 7. The zero-order chi connectivity index (χ0) is 19.8. The van der Waals surface area contributed by atoms with Gasteiger partial charge in [-0.1, -0.05) is 0 Å². The summed E-state index contributed by atoms with van der Waals surface area (Å²) in [5.41, 5.74) is 28.1. The van der Waals surface area contributed by atoms with E-state index in [9.17, 15) is 0 Å². The van der Waals surface area contributed by atoms with Crippen molar-refractivity contribution in [2.75, 3.05) is 49.4 Å². The van der Waals surface area contributed by atoms with E-state index in [4.69, 9.17) is 37.1 Å². The van der Waals surface area contributed by atoms with Crippen LogP contribution in [0.3, 0.4) is 0 Å². The van der Waals surface area contributed by atoms with Gasteiger partial charge in [0.25, 0.3) is 0 Å². The average Bonchev–Trinajstić information content (AvgIpc) is 2.65. The highest BCUT2D eigenvalue weighted by atomic mass is 16.6. The second-order valence-electron chi connectivity index (χ2n) is 6.21. The third-order valence-electron chi connectivity index (χ3n) is 4.19. The number of nitrogen functional groups attached to an aromatic ring is 4. The Hall–Kier alpha value is -2.48. The van der Waals surface area contributed by atoms with Crippen LogP contribution in [-0.4, -0.2) is 26.4 Å². The molecule has 0 bridgehead atoms. The molecule has 0 amide bonds. The summed E-state index contributed by atoms with van der Waals surface area (Å²) in [5, 5.41) is 0. The molecule has 2 unspecified atom stereocenters. The molecular formula is C20H30N4O3. The molecule has 27 heavy (non-hydrogen) atoms. The van der Waals surface area contributed by atoms with E-state index >= 15 is 0 Å². The molecule has 8 N–H and O–H groups in total. The fraction of sp³-hybridized carbons (Fsp3) is 0.400. The van der Waals surface area contributed by atoms with E-state index < -0.39 is 12.2 Å². The average molecular weight is 374 g/mol. The van der Waals surface area contributed by atoms with Crippen molar-refractivity contribution >= 4 is 22.7 Å². The van der Waals surface area contributed by atoms with Crippen molar-refractivity contribution < 1.29 is 14.2 Å². The van der Waals surface area contributed by atoms with Crippen LogP contribution in [0.25, 0.3) is 0 Å². The van der Waals surface area contributed by atoms with Gasteiger partial charge in [-0.2, -0.15) is 0 Å². The summed E-state index contributed by atoms with van der Waals surface area (Å²) >= 11 is 0. The monoisotopic (exact) mass is 374 g/mol. The summed E-state index contributed by atoms with van der Waals surface area (Å²) in [6, 6.07) is 10.6. The third-order valence-corrected chi connectivity index (χ3v) is 4.19. The van der Waals surface area contributed by atoms with Crippen LogP contribution < -0.4 is 22.9 Å². The van der Waals surface area contributed by atoms with Crippen LogP contribution in [0.15, 0.2) is 36.4 Å². The maximum atomic E-state index is 6.38. The van der Waals surface area contributed by atoms with E-state index in [1.165, 1.54) is 0 Å². The second kappa shape index (κ2) is 10.0. The van der Waals surface area contributed by atoms with Gasteiger partial charge in [-0.25, -0.2) is 0 Å². The van der Waals surface area contributed by atoms with Crippen molar-refractivity contribution in [3.05, 3.63) is 47.5 Å². The Morgan fingerprint density at radius 1 is 0.704 bits per heavy atom. The predicted molar refractivity (Wildman–Crippen MR) is 110 cm³/mol. The summed E-state index contributed by atoms with van der Waals surface area (Å²) < 4.78 is 17.6. The van der Waals surface area contributed by atoms with Gasteiger partial charge in [0, 0.05) is 47.1 Å². The van der Waals surface area contributed by atoms with E-state index in [2.05, 4.69) is 0 Å². The second-order valence-corrected chi connectivity index (χ2v) is 6.21. The molecule has 0 radical (unpaired) electrons. The minimum atomic E-state index is -0.431. The fourth-order valence-corrected chi connectivity index (χ4v) is 2.80. The summed E-state index contributed by atoms with van der Waals surface area (Å²) in [6.07, 6.45) is -0.862. The maximum Gasteiger partial charge on any atom is 0.109 e. The SMILES string of the molecule is CCOCC(OC(COCC)c1cc(N)ccc1N)c1cc(N)ccc1N. The van der Waals surface area contributed by atoms with Crippen molar-refractivity contribution in [1.29, 1.82) is 0 Å². The number of ether oxygens (including phenoxy) is 3. The number of nitrogens with two attached hydrogens (primary N) is 4.